The van der Waals surface area contributed by atoms with Crippen LogP contribution in [0, 0.1) is 5.92 Å². The summed E-state index contributed by atoms with van der Waals surface area (Å²) >= 11 is 1.50. The van der Waals surface area contributed by atoms with E-state index in [1.165, 1.54) is 17.4 Å². The smallest absolute Gasteiger partial charge is 0.415 e. The SMILES string of the molecule is C=CC(=O)Nc1ccc(Nc2ccc([C@H](C)Nc3nc(N4C(=O)OC[C@@H]4C(C)C)c4sccc4n3)nc2)cc1. The molecule has 0 aliphatic carbocycles. The van der Waals surface area contributed by atoms with Crippen LogP contribution in [0.2, 0.25) is 0 Å². The first-order valence-electron chi connectivity index (χ1n) is 12.6. The van der Waals surface area contributed by atoms with Gasteiger partial charge in [0, 0.05) is 11.4 Å². The van der Waals surface area contributed by atoms with E-state index >= 15 is 0 Å². The zero-order valence-corrected chi connectivity index (χ0v) is 22.7. The van der Waals surface area contributed by atoms with Crippen molar-refractivity contribution in [2.24, 2.45) is 5.92 Å². The van der Waals surface area contributed by atoms with Crippen LogP contribution in [0.1, 0.15) is 32.5 Å². The molecule has 11 heteroatoms. The summed E-state index contributed by atoms with van der Waals surface area (Å²) in [6.45, 7) is 9.90. The van der Waals surface area contributed by atoms with Crippen LogP contribution >= 0.6 is 11.3 Å². The lowest BCUT2D eigenvalue weighted by Crippen LogP contribution is -2.38. The van der Waals surface area contributed by atoms with Crippen molar-refractivity contribution in [3.8, 4) is 0 Å². The Morgan fingerprint density at radius 3 is 2.54 bits per heavy atom. The number of rotatable bonds is 9. The number of nitrogens with one attached hydrogen (secondary N) is 3. The summed E-state index contributed by atoms with van der Waals surface area (Å²) in [5.41, 5.74) is 3.94. The van der Waals surface area contributed by atoms with Gasteiger partial charge in [0.05, 0.1) is 39.9 Å². The van der Waals surface area contributed by atoms with Gasteiger partial charge in [-0.25, -0.2) is 9.78 Å². The molecule has 1 aliphatic heterocycles. The van der Waals surface area contributed by atoms with Gasteiger partial charge in [-0.3, -0.25) is 14.7 Å². The molecule has 0 saturated carbocycles. The Morgan fingerprint density at radius 1 is 1.10 bits per heavy atom. The number of carbonyl (C=O) groups excluding carboxylic acids is 2. The first-order chi connectivity index (χ1) is 18.8. The van der Waals surface area contributed by atoms with Gasteiger partial charge in [0.1, 0.15) is 6.61 Å². The van der Waals surface area contributed by atoms with Crippen molar-refractivity contribution < 1.29 is 14.3 Å². The van der Waals surface area contributed by atoms with E-state index < -0.39 is 0 Å². The van der Waals surface area contributed by atoms with Crippen molar-refractivity contribution in [1.82, 2.24) is 15.0 Å². The lowest BCUT2D eigenvalue weighted by molar-refractivity contribution is -0.111. The molecule has 0 unspecified atom stereocenters. The lowest BCUT2D eigenvalue weighted by atomic mass is 10.0. The number of cyclic esters (lactones) is 1. The molecule has 5 rings (SSSR count). The molecule has 4 aromatic rings. The Hall–Kier alpha value is -4.51. The average molecular weight is 544 g/mol. The predicted octanol–water partition coefficient (Wildman–Crippen LogP) is 6.11. The standard InChI is InChI=1S/C28H29N7O3S/c1-5-24(36)32-19-8-6-18(7-9-19)31-20-10-11-21(29-14-20)17(4)30-27-33-22-12-13-39-25(22)26(34-27)35-23(16(2)3)15-38-28(35)37/h5-14,16-17,23,31H,1,15H2,2-4H3,(H,32,36)(H,30,33,34)/t17-,23+/m0/s1. The van der Waals surface area contributed by atoms with Crippen molar-refractivity contribution in [3.63, 3.8) is 0 Å². The van der Waals surface area contributed by atoms with Gasteiger partial charge in [0.2, 0.25) is 11.9 Å². The minimum absolute atomic E-state index is 0.0909. The maximum Gasteiger partial charge on any atom is 0.415 e. The summed E-state index contributed by atoms with van der Waals surface area (Å²) in [6.07, 6.45) is 2.59. The summed E-state index contributed by atoms with van der Waals surface area (Å²) in [5, 5.41) is 11.3. The fourth-order valence-electron chi connectivity index (χ4n) is 4.25. The van der Waals surface area contributed by atoms with Crippen molar-refractivity contribution >= 4 is 62.4 Å². The minimum atomic E-state index is -0.387. The van der Waals surface area contributed by atoms with Gasteiger partial charge >= 0.3 is 6.09 Å². The van der Waals surface area contributed by atoms with Crippen molar-refractivity contribution in [2.75, 3.05) is 27.5 Å². The molecule has 1 aliphatic rings. The molecule has 200 valence electrons. The van der Waals surface area contributed by atoms with Gasteiger partial charge in [-0.2, -0.15) is 4.98 Å². The van der Waals surface area contributed by atoms with Crippen LogP contribution in [0.25, 0.3) is 10.2 Å². The molecule has 10 nitrogen and oxygen atoms in total. The fraction of sp³-hybridized carbons (Fsp3) is 0.250. The maximum atomic E-state index is 12.6. The Balaban J connectivity index is 1.30. The van der Waals surface area contributed by atoms with Gasteiger partial charge in [0.25, 0.3) is 0 Å². The van der Waals surface area contributed by atoms with Crippen LogP contribution in [0.4, 0.5) is 33.6 Å². The molecule has 0 radical (unpaired) electrons. The number of amides is 2. The Labute approximate surface area is 230 Å². The number of hydrogen-bond donors (Lipinski definition) is 3. The van der Waals surface area contributed by atoms with E-state index in [2.05, 4.69) is 46.3 Å². The number of nitrogens with zero attached hydrogens (tertiary/aromatic N) is 4. The summed E-state index contributed by atoms with van der Waals surface area (Å²) in [6, 6.07) is 12.9. The van der Waals surface area contributed by atoms with Crippen LogP contribution in [-0.2, 0) is 9.53 Å². The second-order valence-electron chi connectivity index (χ2n) is 9.50. The minimum Gasteiger partial charge on any atom is -0.447 e. The number of hydrogen-bond acceptors (Lipinski definition) is 9. The molecule has 3 aromatic heterocycles. The van der Waals surface area contributed by atoms with Crippen LogP contribution in [-0.4, -0.2) is 39.6 Å². The highest BCUT2D eigenvalue weighted by Crippen LogP contribution is 2.35. The third kappa shape index (κ3) is 5.68. The van der Waals surface area contributed by atoms with E-state index in [1.807, 2.05) is 42.6 Å². The number of ether oxygens (including phenoxy) is 1. The van der Waals surface area contributed by atoms with Crippen LogP contribution in [0.15, 0.2) is 66.7 Å². The topological polar surface area (TPSA) is 121 Å². The predicted molar refractivity (Wildman–Crippen MR) is 155 cm³/mol. The number of thiophene rings is 1. The Kier molecular flexibility index (Phi) is 7.42. The number of fused-ring (bicyclic) bond motifs is 1. The zero-order valence-electron chi connectivity index (χ0n) is 21.8. The van der Waals surface area contributed by atoms with Crippen molar-refractivity contribution in [2.45, 2.75) is 32.9 Å². The highest BCUT2D eigenvalue weighted by Gasteiger charge is 2.38. The molecule has 1 aromatic carbocycles. The zero-order chi connectivity index (χ0) is 27.5. The molecule has 3 N–H and O–H groups in total. The molecule has 1 fully saturated rings. The van der Waals surface area contributed by atoms with E-state index in [1.54, 1.807) is 23.2 Å². The Bertz CT molecular complexity index is 1500. The number of aromatic nitrogens is 3. The molecule has 2 amide bonds. The maximum absolute atomic E-state index is 12.6. The van der Waals surface area contributed by atoms with Crippen molar-refractivity contribution in [1.29, 1.82) is 0 Å². The van der Waals surface area contributed by atoms with E-state index in [0.717, 1.165) is 27.3 Å². The summed E-state index contributed by atoms with van der Waals surface area (Å²) in [7, 11) is 0. The number of benzene rings is 1. The summed E-state index contributed by atoms with van der Waals surface area (Å²) < 4.78 is 6.21. The number of anilines is 5. The monoisotopic (exact) mass is 543 g/mol. The second-order valence-corrected chi connectivity index (χ2v) is 10.4. The quantitative estimate of drug-likeness (QED) is 0.216. The Morgan fingerprint density at radius 2 is 1.85 bits per heavy atom. The third-order valence-corrected chi connectivity index (χ3v) is 7.29. The molecule has 39 heavy (non-hydrogen) atoms. The normalized spacial score (nSPS) is 15.7. The van der Waals surface area contributed by atoms with E-state index in [0.29, 0.717) is 24.1 Å². The summed E-state index contributed by atoms with van der Waals surface area (Å²) in [4.78, 5) is 39.8. The molecular formula is C28H29N7O3S. The van der Waals surface area contributed by atoms with E-state index in [-0.39, 0.29) is 30.0 Å². The first kappa shape index (κ1) is 26.1. The van der Waals surface area contributed by atoms with Gasteiger partial charge in [0.15, 0.2) is 5.82 Å². The molecule has 2 atom stereocenters. The first-order valence-corrected chi connectivity index (χ1v) is 13.4. The van der Waals surface area contributed by atoms with Crippen LogP contribution in [0.5, 0.6) is 0 Å². The van der Waals surface area contributed by atoms with Crippen molar-refractivity contribution in [3.05, 3.63) is 72.4 Å². The number of pyridine rings is 1. The average Bonchev–Trinajstić information content (AvgIpc) is 3.56. The number of carbonyl (C=O) groups is 2. The molecule has 0 bridgehead atoms. The molecule has 0 spiro atoms. The second kappa shape index (κ2) is 11.1. The van der Waals surface area contributed by atoms with Crippen LogP contribution < -0.4 is 20.9 Å². The largest absolute Gasteiger partial charge is 0.447 e. The van der Waals surface area contributed by atoms with Gasteiger partial charge in [-0.05, 0) is 66.8 Å². The van der Waals surface area contributed by atoms with Gasteiger partial charge in [-0.15, -0.1) is 11.3 Å². The molecular weight excluding hydrogens is 514 g/mol. The van der Waals surface area contributed by atoms with Gasteiger partial charge < -0.3 is 20.7 Å². The lowest BCUT2D eigenvalue weighted by Gasteiger charge is -2.24. The van der Waals surface area contributed by atoms with E-state index in [4.69, 9.17) is 9.72 Å². The molecule has 1 saturated heterocycles. The van der Waals surface area contributed by atoms with Gasteiger partial charge in [-0.1, -0.05) is 20.4 Å². The third-order valence-electron chi connectivity index (χ3n) is 6.39. The summed E-state index contributed by atoms with van der Waals surface area (Å²) in [5.74, 6) is 0.935. The molecule has 4 heterocycles. The fourth-order valence-corrected chi connectivity index (χ4v) is 5.06. The van der Waals surface area contributed by atoms with Crippen LogP contribution in [0.3, 0.4) is 0 Å². The van der Waals surface area contributed by atoms with E-state index in [9.17, 15) is 9.59 Å². The highest BCUT2D eigenvalue weighted by molar-refractivity contribution is 7.17. The highest BCUT2D eigenvalue weighted by atomic mass is 32.1.